The Morgan fingerprint density at radius 2 is 1.82 bits per heavy atom. The van der Waals surface area contributed by atoms with E-state index in [0.717, 1.165) is 0 Å². The second-order valence-electron chi connectivity index (χ2n) is 7.03. The molecular formula is C16H30O5Si. The second-order valence-corrected chi connectivity index (χ2v) is 11.8. The highest BCUT2D eigenvalue weighted by Gasteiger charge is 2.39. The minimum absolute atomic E-state index is 0.00591. The van der Waals surface area contributed by atoms with Crippen molar-refractivity contribution in [3.8, 4) is 0 Å². The lowest BCUT2D eigenvalue weighted by molar-refractivity contribution is -0.138. The van der Waals surface area contributed by atoms with E-state index >= 15 is 0 Å². The third-order valence-corrected chi connectivity index (χ3v) is 8.48. The number of hydrogen-bond donors (Lipinski definition) is 1. The summed E-state index contributed by atoms with van der Waals surface area (Å²) in [5.41, 5.74) is 0. The highest BCUT2D eigenvalue weighted by atomic mass is 28.4. The van der Waals surface area contributed by atoms with Gasteiger partial charge in [-0.25, -0.2) is 4.79 Å². The molecule has 0 aliphatic rings. The number of carboxylic acid groups (broad SMARTS) is 1. The molecule has 0 unspecified atom stereocenters. The Labute approximate surface area is 134 Å². The van der Waals surface area contributed by atoms with E-state index in [1.165, 1.54) is 6.08 Å². The van der Waals surface area contributed by atoms with Gasteiger partial charge >= 0.3 is 11.9 Å². The molecule has 0 saturated carbocycles. The van der Waals surface area contributed by atoms with Gasteiger partial charge in [0.15, 0.2) is 8.32 Å². The maximum Gasteiger partial charge on any atom is 0.330 e. The summed E-state index contributed by atoms with van der Waals surface area (Å²) in [7, 11) is -2.07. The number of aliphatic carboxylic acids is 1. The van der Waals surface area contributed by atoms with Crippen molar-refractivity contribution < 1.29 is 23.9 Å². The first-order valence-electron chi connectivity index (χ1n) is 7.65. The largest absolute Gasteiger partial charge is 0.481 e. The molecule has 6 heteroatoms. The van der Waals surface area contributed by atoms with Gasteiger partial charge in [-0.15, -0.1) is 0 Å². The summed E-state index contributed by atoms with van der Waals surface area (Å²) in [5.74, 6) is -1.54. The Hall–Kier alpha value is -1.14. The highest BCUT2D eigenvalue weighted by Crippen LogP contribution is 2.38. The predicted molar refractivity (Wildman–Crippen MR) is 89.3 cm³/mol. The molecule has 1 N–H and O–H groups in total. The van der Waals surface area contributed by atoms with Crippen molar-refractivity contribution in [2.45, 2.75) is 65.3 Å². The summed E-state index contributed by atoms with van der Waals surface area (Å²) in [6.07, 6.45) is 2.54. The van der Waals surface area contributed by atoms with Crippen molar-refractivity contribution in [3.05, 3.63) is 12.2 Å². The zero-order chi connectivity index (χ0) is 17.6. The van der Waals surface area contributed by atoms with Gasteiger partial charge in [0, 0.05) is 6.08 Å². The summed E-state index contributed by atoms with van der Waals surface area (Å²) < 4.78 is 11.1. The zero-order valence-corrected chi connectivity index (χ0v) is 15.8. The summed E-state index contributed by atoms with van der Waals surface area (Å²) >= 11 is 0. The van der Waals surface area contributed by atoms with Gasteiger partial charge < -0.3 is 14.3 Å². The molecule has 0 rings (SSSR count). The maximum absolute atomic E-state index is 11.5. The molecule has 2 atom stereocenters. The third-order valence-electron chi connectivity index (χ3n) is 4.00. The van der Waals surface area contributed by atoms with E-state index in [4.69, 9.17) is 14.3 Å². The molecule has 0 fully saturated rings. The molecule has 0 aliphatic carbocycles. The van der Waals surface area contributed by atoms with Crippen LogP contribution in [0.25, 0.3) is 0 Å². The number of esters is 1. The van der Waals surface area contributed by atoms with E-state index in [0.29, 0.717) is 6.61 Å². The molecule has 0 aromatic heterocycles. The summed E-state index contributed by atoms with van der Waals surface area (Å²) in [4.78, 5) is 22.4. The quantitative estimate of drug-likeness (QED) is 0.418. The van der Waals surface area contributed by atoms with Crippen LogP contribution in [0.4, 0.5) is 0 Å². The average molecular weight is 330 g/mol. The molecular weight excluding hydrogens is 300 g/mol. The van der Waals surface area contributed by atoms with Crippen molar-refractivity contribution in [1.82, 2.24) is 0 Å². The lowest BCUT2D eigenvalue weighted by Gasteiger charge is -2.40. The summed E-state index contributed by atoms with van der Waals surface area (Å²) in [5, 5.41) is 9.00. The Morgan fingerprint density at radius 1 is 1.27 bits per heavy atom. The van der Waals surface area contributed by atoms with E-state index in [9.17, 15) is 9.59 Å². The van der Waals surface area contributed by atoms with Gasteiger partial charge in [0.25, 0.3) is 0 Å². The van der Waals surface area contributed by atoms with Gasteiger partial charge in [0.2, 0.25) is 0 Å². The van der Waals surface area contributed by atoms with Gasteiger partial charge in [0.05, 0.1) is 19.1 Å². The molecule has 0 aromatic rings. The van der Waals surface area contributed by atoms with Crippen LogP contribution in [0.2, 0.25) is 18.1 Å². The molecule has 5 nitrogen and oxygen atoms in total. The second kappa shape index (κ2) is 8.48. The van der Waals surface area contributed by atoms with E-state index in [1.807, 2.05) is 6.92 Å². The van der Waals surface area contributed by atoms with Crippen LogP contribution in [0, 0.1) is 5.92 Å². The first kappa shape index (κ1) is 20.9. The van der Waals surface area contributed by atoms with Crippen molar-refractivity contribution in [2.75, 3.05) is 6.61 Å². The number of carbonyl (C=O) groups excluding carboxylic acids is 1. The lowest BCUT2D eigenvalue weighted by atomic mass is 10.0. The molecule has 0 heterocycles. The molecule has 0 aliphatic heterocycles. The van der Waals surface area contributed by atoms with Gasteiger partial charge in [-0.05, 0) is 37.0 Å². The molecule has 128 valence electrons. The van der Waals surface area contributed by atoms with Crippen LogP contribution in [-0.2, 0) is 18.8 Å². The van der Waals surface area contributed by atoms with Crippen LogP contribution >= 0.6 is 0 Å². The zero-order valence-electron chi connectivity index (χ0n) is 14.8. The Balaban J connectivity index is 5.17. The van der Waals surface area contributed by atoms with Crippen LogP contribution in [0.3, 0.4) is 0 Å². The van der Waals surface area contributed by atoms with Crippen molar-refractivity contribution in [3.63, 3.8) is 0 Å². The highest BCUT2D eigenvalue weighted by molar-refractivity contribution is 6.74. The fourth-order valence-electron chi connectivity index (χ4n) is 1.62. The molecule has 0 bridgehead atoms. The number of rotatable bonds is 8. The topological polar surface area (TPSA) is 72.8 Å². The Morgan fingerprint density at radius 3 is 2.23 bits per heavy atom. The summed E-state index contributed by atoms with van der Waals surface area (Å²) in [6.45, 7) is 14.4. The fraction of sp³-hybridized carbons (Fsp3) is 0.750. The maximum atomic E-state index is 11.5. The SMILES string of the molecule is CCOC(=O)/C=C/[C@@H](O[Si](C)(C)C(C)(C)C)[C@@H](C)CC(=O)O. The van der Waals surface area contributed by atoms with Gasteiger partial charge in [-0.2, -0.15) is 0 Å². The Bertz CT molecular complexity index is 409. The number of carbonyl (C=O) groups is 2. The van der Waals surface area contributed by atoms with Crippen LogP contribution in [0.15, 0.2) is 12.2 Å². The third kappa shape index (κ3) is 7.22. The normalized spacial score (nSPS) is 15.6. The standard InChI is InChI=1S/C16H30O5Si/c1-8-20-15(19)10-9-13(12(2)11-14(17)18)21-22(6,7)16(3,4)5/h9-10,12-13H,8,11H2,1-7H3,(H,17,18)/b10-9+/t12-,13+/m0/s1. The first-order valence-corrected chi connectivity index (χ1v) is 10.6. The summed E-state index contributed by atoms with van der Waals surface area (Å²) in [6, 6.07) is 0. The Kier molecular flexibility index (Phi) is 8.04. The smallest absolute Gasteiger partial charge is 0.330 e. The van der Waals surface area contributed by atoms with Crippen molar-refractivity contribution in [1.29, 1.82) is 0 Å². The monoisotopic (exact) mass is 330 g/mol. The van der Waals surface area contributed by atoms with Crippen molar-refractivity contribution in [2.24, 2.45) is 5.92 Å². The van der Waals surface area contributed by atoms with Gasteiger partial charge in [-0.3, -0.25) is 4.79 Å². The van der Waals surface area contributed by atoms with E-state index in [1.54, 1.807) is 13.0 Å². The lowest BCUT2D eigenvalue weighted by Crippen LogP contribution is -2.45. The molecule has 0 saturated heterocycles. The number of ether oxygens (including phenoxy) is 1. The van der Waals surface area contributed by atoms with Crippen molar-refractivity contribution >= 4 is 20.3 Å². The minimum Gasteiger partial charge on any atom is -0.481 e. The first-order chi connectivity index (χ1) is 9.90. The number of carboxylic acids is 1. The van der Waals surface area contributed by atoms with E-state index < -0.39 is 26.4 Å². The predicted octanol–water partition coefficient (Wildman–Crippen LogP) is 3.61. The molecule has 0 amide bonds. The number of hydrogen-bond acceptors (Lipinski definition) is 4. The minimum atomic E-state index is -2.07. The van der Waals surface area contributed by atoms with E-state index in [2.05, 4.69) is 33.9 Å². The van der Waals surface area contributed by atoms with Gasteiger partial charge in [0.1, 0.15) is 0 Å². The van der Waals surface area contributed by atoms with Crippen LogP contribution in [0.1, 0.15) is 41.0 Å². The van der Waals surface area contributed by atoms with Crippen LogP contribution < -0.4 is 0 Å². The average Bonchev–Trinajstić information content (AvgIpc) is 2.32. The fourth-order valence-corrected chi connectivity index (χ4v) is 2.96. The molecule has 0 aromatic carbocycles. The molecule has 0 radical (unpaired) electrons. The molecule has 22 heavy (non-hydrogen) atoms. The van der Waals surface area contributed by atoms with Crippen LogP contribution in [-0.4, -0.2) is 38.1 Å². The molecule has 0 spiro atoms. The van der Waals surface area contributed by atoms with E-state index in [-0.39, 0.29) is 17.4 Å². The van der Waals surface area contributed by atoms with Gasteiger partial charge in [-0.1, -0.05) is 27.7 Å². The van der Waals surface area contributed by atoms with Crippen LogP contribution in [0.5, 0.6) is 0 Å².